The SMILES string of the molecule is CC(=O)N(CC1CCN(C(=O)OCc2ccccc2)CC1)c1cccc(-c2cc3[nH]c(=O)c4ccccc4n3n2)c1. The number of hydrogen-bond acceptors (Lipinski definition) is 5. The zero-order chi connectivity index (χ0) is 28.3. The van der Waals surface area contributed by atoms with E-state index in [1.165, 1.54) is 0 Å². The summed E-state index contributed by atoms with van der Waals surface area (Å²) < 4.78 is 7.23. The maximum absolute atomic E-state index is 12.8. The van der Waals surface area contributed by atoms with E-state index in [4.69, 9.17) is 9.84 Å². The Morgan fingerprint density at radius 1 is 0.976 bits per heavy atom. The lowest BCUT2D eigenvalue weighted by atomic mass is 9.96. The van der Waals surface area contributed by atoms with E-state index in [-0.39, 0.29) is 30.1 Å². The fraction of sp³-hybridized carbons (Fsp3) is 0.250. The number of nitrogens with one attached hydrogen (secondary N) is 1. The summed E-state index contributed by atoms with van der Waals surface area (Å²) >= 11 is 0. The number of likely N-dealkylation sites (tertiary alicyclic amines) is 1. The molecule has 2 amide bonds. The molecular formula is C32H31N5O4. The third-order valence-corrected chi connectivity index (χ3v) is 7.68. The highest BCUT2D eigenvalue weighted by Crippen LogP contribution is 2.28. The predicted octanol–water partition coefficient (Wildman–Crippen LogP) is 5.24. The molecule has 1 aliphatic rings. The van der Waals surface area contributed by atoms with Crippen molar-refractivity contribution in [2.75, 3.05) is 24.5 Å². The van der Waals surface area contributed by atoms with E-state index < -0.39 is 0 Å². The third kappa shape index (κ3) is 5.56. The Bertz CT molecular complexity index is 1770. The number of ether oxygens (including phenoxy) is 1. The number of aromatic amines is 1. The first-order valence-corrected chi connectivity index (χ1v) is 13.8. The summed E-state index contributed by atoms with van der Waals surface area (Å²) in [7, 11) is 0. The maximum atomic E-state index is 12.8. The van der Waals surface area contributed by atoms with Gasteiger partial charge in [0, 0.05) is 43.9 Å². The second-order valence-electron chi connectivity index (χ2n) is 10.4. The first kappa shape index (κ1) is 26.3. The minimum atomic E-state index is -0.301. The smallest absolute Gasteiger partial charge is 0.410 e. The van der Waals surface area contributed by atoms with Gasteiger partial charge in [0.1, 0.15) is 12.3 Å². The molecule has 1 saturated heterocycles. The lowest BCUT2D eigenvalue weighted by Gasteiger charge is -2.34. The van der Waals surface area contributed by atoms with Crippen LogP contribution >= 0.6 is 0 Å². The van der Waals surface area contributed by atoms with Gasteiger partial charge in [-0.2, -0.15) is 5.10 Å². The Kier molecular flexibility index (Phi) is 7.24. The molecule has 0 radical (unpaired) electrons. The van der Waals surface area contributed by atoms with Gasteiger partial charge in [-0.15, -0.1) is 0 Å². The number of anilines is 1. The fourth-order valence-corrected chi connectivity index (χ4v) is 5.44. The van der Waals surface area contributed by atoms with Crippen LogP contribution in [-0.2, 0) is 16.1 Å². The van der Waals surface area contributed by atoms with Crippen molar-refractivity contribution in [3.63, 3.8) is 0 Å². The molecule has 6 rings (SSSR count). The molecule has 0 bridgehead atoms. The molecule has 0 saturated carbocycles. The first-order valence-electron chi connectivity index (χ1n) is 13.8. The molecule has 5 aromatic rings. The molecule has 1 fully saturated rings. The molecule has 0 unspecified atom stereocenters. The molecule has 9 nitrogen and oxygen atoms in total. The number of H-pyrrole nitrogens is 1. The van der Waals surface area contributed by atoms with Crippen LogP contribution in [0.1, 0.15) is 25.3 Å². The topological polar surface area (TPSA) is 100 Å². The molecule has 0 atom stereocenters. The van der Waals surface area contributed by atoms with Crippen LogP contribution in [0.15, 0.2) is 89.7 Å². The van der Waals surface area contributed by atoms with E-state index in [0.717, 1.165) is 35.2 Å². The second-order valence-corrected chi connectivity index (χ2v) is 10.4. The Balaban J connectivity index is 1.14. The van der Waals surface area contributed by atoms with Gasteiger partial charge in [-0.1, -0.05) is 54.6 Å². The van der Waals surface area contributed by atoms with Crippen molar-refractivity contribution in [1.82, 2.24) is 19.5 Å². The normalized spacial score (nSPS) is 13.9. The summed E-state index contributed by atoms with van der Waals surface area (Å²) in [6, 6.07) is 26.6. The quantitative estimate of drug-likeness (QED) is 0.312. The van der Waals surface area contributed by atoms with E-state index in [1.807, 2.05) is 78.9 Å². The monoisotopic (exact) mass is 549 g/mol. The molecule has 2 aromatic heterocycles. The van der Waals surface area contributed by atoms with E-state index in [1.54, 1.807) is 27.3 Å². The molecule has 41 heavy (non-hydrogen) atoms. The Hall–Kier alpha value is -4.92. The van der Waals surface area contributed by atoms with Crippen LogP contribution in [0.2, 0.25) is 0 Å². The number of carbonyl (C=O) groups excluding carboxylic acids is 2. The average molecular weight is 550 g/mol. The number of piperidine rings is 1. The third-order valence-electron chi connectivity index (χ3n) is 7.68. The first-order chi connectivity index (χ1) is 20.0. The Labute approximate surface area is 237 Å². The minimum absolute atomic E-state index is 0.0443. The van der Waals surface area contributed by atoms with Crippen LogP contribution in [0.25, 0.3) is 27.8 Å². The molecule has 208 valence electrons. The number of nitrogens with zero attached hydrogens (tertiary/aromatic N) is 4. The molecule has 9 heteroatoms. The fourth-order valence-electron chi connectivity index (χ4n) is 5.44. The van der Waals surface area contributed by atoms with Crippen LogP contribution in [0.3, 0.4) is 0 Å². The van der Waals surface area contributed by atoms with Gasteiger partial charge >= 0.3 is 6.09 Å². The summed E-state index contributed by atoms with van der Waals surface area (Å²) in [6.07, 6.45) is 1.28. The highest BCUT2D eigenvalue weighted by molar-refractivity contribution is 5.92. The van der Waals surface area contributed by atoms with Crippen molar-refractivity contribution >= 4 is 34.2 Å². The molecule has 0 spiro atoms. The van der Waals surface area contributed by atoms with Gasteiger partial charge in [0.05, 0.1) is 16.6 Å². The molecule has 0 aliphatic carbocycles. The number of para-hydroxylation sites is 1. The van der Waals surface area contributed by atoms with Crippen LogP contribution in [0, 0.1) is 5.92 Å². The van der Waals surface area contributed by atoms with E-state index in [0.29, 0.717) is 36.4 Å². The van der Waals surface area contributed by atoms with Gasteiger partial charge in [-0.25, -0.2) is 9.31 Å². The second kappa shape index (κ2) is 11.3. The zero-order valence-electron chi connectivity index (χ0n) is 22.8. The lowest BCUT2D eigenvalue weighted by molar-refractivity contribution is -0.116. The van der Waals surface area contributed by atoms with Gasteiger partial charge in [0.2, 0.25) is 5.91 Å². The molecule has 1 aliphatic heterocycles. The van der Waals surface area contributed by atoms with Gasteiger partial charge in [-0.05, 0) is 48.6 Å². The van der Waals surface area contributed by atoms with Crippen molar-refractivity contribution in [2.45, 2.75) is 26.4 Å². The van der Waals surface area contributed by atoms with Gasteiger partial charge in [0.25, 0.3) is 5.56 Å². The average Bonchev–Trinajstić information content (AvgIpc) is 3.44. The van der Waals surface area contributed by atoms with Crippen LogP contribution in [-0.4, -0.2) is 51.1 Å². The molecular weight excluding hydrogens is 518 g/mol. The number of amides is 2. The molecule has 1 N–H and O–H groups in total. The summed E-state index contributed by atoms with van der Waals surface area (Å²) in [6.45, 7) is 3.58. The number of carbonyl (C=O) groups is 2. The summed E-state index contributed by atoms with van der Waals surface area (Å²) in [4.78, 5) is 44.3. The van der Waals surface area contributed by atoms with E-state index >= 15 is 0 Å². The van der Waals surface area contributed by atoms with Gasteiger partial charge < -0.3 is 19.5 Å². The largest absolute Gasteiger partial charge is 0.445 e. The minimum Gasteiger partial charge on any atom is -0.445 e. The molecule has 3 heterocycles. The van der Waals surface area contributed by atoms with E-state index in [9.17, 15) is 14.4 Å². The van der Waals surface area contributed by atoms with Crippen molar-refractivity contribution in [3.05, 3.63) is 101 Å². The molecule has 3 aromatic carbocycles. The van der Waals surface area contributed by atoms with Crippen molar-refractivity contribution in [1.29, 1.82) is 0 Å². The van der Waals surface area contributed by atoms with Crippen LogP contribution in [0.4, 0.5) is 10.5 Å². The van der Waals surface area contributed by atoms with E-state index in [2.05, 4.69) is 4.98 Å². The van der Waals surface area contributed by atoms with Crippen molar-refractivity contribution in [2.24, 2.45) is 5.92 Å². The summed E-state index contributed by atoms with van der Waals surface area (Å²) in [5, 5.41) is 5.34. The summed E-state index contributed by atoms with van der Waals surface area (Å²) in [5.74, 6) is 0.213. The van der Waals surface area contributed by atoms with Gasteiger partial charge in [-0.3, -0.25) is 9.59 Å². The zero-order valence-corrected chi connectivity index (χ0v) is 22.8. The predicted molar refractivity (Wildman–Crippen MR) is 158 cm³/mol. The lowest BCUT2D eigenvalue weighted by Crippen LogP contribution is -2.42. The highest BCUT2D eigenvalue weighted by Gasteiger charge is 2.26. The standard InChI is InChI=1S/C32H31N5O4/c1-22(38)36(20-23-14-16-35(17-15-23)32(40)41-21-24-8-3-2-4-9-24)26-11-7-10-25(18-26)28-19-30-33-31(39)27-12-5-6-13-29(27)37(30)34-28/h2-13,18-19,23H,14-17,20-21H2,1H3,(H,33,39). The summed E-state index contributed by atoms with van der Waals surface area (Å²) in [5.41, 5.74) is 4.46. The number of aromatic nitrogens is 3. The number of fused-ring (bicyclic) bond motifs is 3. The van der Waals surface area contributed by atoms with Gasteiger partial charge in [0.15, 0.2) is 0 Å². The Morgan fingerprint density at radius 3 is 2.51 bits per heavy atom. The number of hydrogen-bond donors (Lipinski definition) is 1. The van der Waals surface area contributed by atoms with Crippen molar-refractivity contribution < 1.29 is 14.3 Å². The number of rotatable bonds is 6. The number of benzene rings is 3. The maximum Gasteiger partial charge on any atom is 0.410 e. The van der Waals surface area contributed by atoms with Crippen LogP contribution in [0.5, 0.6) is 0 Å². The van der Waals surface area contributed by atoms with Crippen molar-refractivity contribution in [3.8, 4) is 11.3 Å². The highest BCUT2D eigenvalue weighted by atomic mass is 16.6. The van der Waals surface area contributed by atoms with Crippen LogP contribution < -0.4 is 10.5 Å². The Morgan fingerprint density at radius 2 is 1.73 bits per heavy atom.